The molecule has 0 saturated carbocycles. The molecular weight excluding hydrogens is 208 g/mol. The summed E-state index contributed by atoms with van der Waals surface area (Å²) in [5.41, 5.74) is 4.87. The summed E-state index contributed by atoms with van der Waals surface area (Å²) >= 11 is 0. The molecule has 17 heavy (non-hydrogen) atoms. The SMILES string of the molecule is Cc1cccc(COc2c(C)cccc2C)c1. The third kappa shape index (κ3) is 2.88. The van der Waals surface area contributed by atoms with Crippen molar-refractivity contribution in [2.75, 3.05) is 0 Å². The Labute approximate surface area is 103 Å². The molecule has 0 aromatic heterocycles. The summed E-state index contributed by atoms with van der Waals surface area (Å²) in [6, 6.07) is 14.6. The molecule has 1 nitrogen and oxygen atoms in total. The normalized spacial score (nSPS) is 10.3. The van der Waals surface area contributed by atoms with Crippen molar-refractivity contribution in [1.29, 1.82) is 0 Å². The van der Waals surface area contributed by atoms with E-state index in [9.17, 15) is 0 Å². The number of hydrogen-bond donors (Lipinski definition) is 0. The first-order chi connectivity index (χ1) is 8.16. The first-order valence-corrected chi connectivity index (χ1v) is 5.91. The molecule has 88 valence electrons. The maximum absolute atomic E-state index is 5.91. The summed E-state index contributed by atoms with van der Waals surface area (Å²) in [5, 5.41) is 0. The van der Waals surface area contributed by atoms with Gasteiger partial charge in [0.05, 0.1) is 0 Å². The van der Waals surface area contributed by atoms with Gasteiger partial charge in [-0.05, 0) is 37.5 Å². The lowest BCUT2D eigenvalue weighted by Gasteiger charge is -2.12. The second-order valence-corrected chi connectivity index (χ2v) is 4.50. The van der Waals surface area contributed by atoms with Crippen molar-refractivity contribution in [3.8, 4) is 5.75 Å². The largest absolute Gasteiger partial charge is 0.488 e. The van der Waals surface area contributed by atoms with Crippen LogP contribution in [-0.4, -0.2) is 0 Å². The zero-order chi connectivity index (χ0) is 12.3. The van der Waals surface area contributed by atoms with Crippen LogP contribution in [0.2, 0.25) is 0 Å². The van der Waals surface area contributed by atoms with Crippen molar-refractivity contribution < 1.29 is 4.74 Å². The molecular formula is C16H18O. The molecule has 0 aliphatic rings. The Bertz CT molecular complexity index is 494. The van der Waals surface area contributed by atoms with Crippen LogP contribution in [-0.2, 0) is 6.61 Å². The van der Waals surface area contributed by atoms with Gasteiger partial charge in [-0.1, -0.05) is 48.0 Å². The van der Waals surface area contributed by atoms with Gasteiger partial charge >= 0.3 is 0 Å². The zero-order valence-electron chi connectivity index (χ0n) is 10.7. The lowest BCUT2D eigenvalue weighted by molar-refractivity contribution is 0.302. The fourth-order valence-corrected chi connectivity index (χ4v) is 1.98. The number of para-hydroxylation sites is 1. The van der Waals surface area contributed by atoms with Gasteiger partial charge in [0.1, 0.15) is 12.4 Å². The fourth-order valence-electron chi connectivity index (χ4n) is 1.98. The quantitative estimate of drug-likeness (QED) is 0.762. The van der Waals surface area contributed by atoms with E-state index in [4.69, 9.17) is 4.74 Å². The summed E-state index contributed by atoms with van der Waals surface area (Å²) in [6.07, 6.45) is 0. The highest BCUT2D eigenvalue weighted by Crippen LogP contribution is 2.23. The van der Waals surface area contributed by atoms with Crippen LogP contribution in [0.5, 0.6) is 5.75 Å². The topological polar surface area (TPSA) is 9.23 Å². The predicted octanol–water partition coefficient (Wildman–Crippen LogP) is 4.19. The van der Waals surface area contributed by atoms with Crippen LogP contribution >= 0.6 is 0 Å². The van der Waals surface area contributed by atoms with Crippen molar-refractivity contribution in [2.45, 2.75) is 27.4 Å². The molecule has 2 aromatic rings. The maximum atomic E-state index is 5.91. The first-order valence-electron chi connectivity index (χ1n) is 5.91. The van der Waals surface area contributed by atoms with Crippen molar-refractivity contribution in [3.63, 3.8) is 0 Å². The van der Waals surface area contributed by atoms with E-state index in [1.54, 1.807) is 0 Å². The van der Waals surface area contributed by atoms with E-state index < -0.39 is 0 Å². The zero-order valence-corrected chi connectivity index (χ0v) is 10.7. The van der Waals surface area contributed by atoms with Crippen LogP contribution in [0.15, 0.2) is 42.5 Å². The smallest absolute Gasteiger partial charge is 0.125 e. The average Bonchev–Trinajstić information content (AvgIpc) is 2.28. The number of hydrogen-bond acceptors (Lipinski definition) is 1. The Kier molecular flexibility index (Phi) is 3.48. The molecule has 0 fully saturated rings. The summed E-state index contributed by atoms with van der Waals surface area (Å²) in [4.78, 5) is 0. The van der Waals surface area contributed by atoms with Gasteiger partial charge in [0.2, 0.25) is 0 Å². The molecule has 0 atom stereocenters. The van der Waals surface area contributed by atoms with E-state index in [2.05, 4.69) is 63.2 Å². The van der Waals surface area contributed by atoms with Gasteiger partial charge in [0, 0.05) is 0 Å². The minimum absolute atomic E-state index is 0.632. The molecule has 0 heterocycles. The van der Waals surface area contributed by atoms with E-state index in [1.807, 2.05) is 0 Å². The highest BCUT2D eigenvalue weighted by Gasteiger charge is 2.03. The summed E-state index contributed by atoms with van der Waals surface area (Å²) in [6.45, 7) is 6.90. The molecule has 1 heteroatoms. The number of rotatable bonds is 3. The van der Waals surface area contributed by atoms with Gasteiger partial charge in [-0.15, -0.1) is 0 Å². The second kappa shape index (κ2) is 5.05. The van der Waals surface area contributed by atoms with Crippen molar-refractivity contribution in [2.24, 2.45) is 0 Å². The van der Waals surface area contributed by atoms with Gasteiger partial charge in [-0.2, -0.15) is 0 Å². The van der Waals surface area contributed by atoms with Gasteiger partial charge < -0.3 is 4.74 Å². The van der Waals surface area contributed by atoms with Crippen LogP contribution in [0.3, 0.4) is 0 Å². The second-order valence-electron chi connectivity index (χ2n) is 4.50. The summed E-state index contributed by atoms with van der Waals surface area (Å²) in [7, 11) is 0. The lowest BCUT2D eigenvalue weighted by Crippen LogP contribution is -1.99. The van der Waals surface area contributed by atoms with Crippen molar-refractivity contribution >= 4 is 0 Å². The van der Waals surface area contributed by atoms with Crippen LogP contribution in [0.4, 0.5) is 0 Å². The Balaban J connectivity index is 2.13. The van der Waals surface area contributed by atoms with E-state index in [0.717, 1.165) is 5.75 Å². The van der Waals surface area contributed by atoms with Gasteiger partial charge in [0.25, 0.3) is 0 Å². The van der Waals surface area contributed by atoms with E-state index in [-0.39, 0.29) is 0 Å². The Morgan fingerprint density at radius 1 is 0.882 bits per heavy atom. The number of benzene rings is 2. The molecule has 2 aromatic carbocycles. The highest BCUT2D eigenvalue weighted by molar-refractivity contribution is 5.39. The average molecular weight is 226 g/mol. The van der Waals surface area contributed by atoms with Gasteiger partial charge in [0.15, 0.2) is 0 Å². The molecule has 0 radical (unpaired) electrons. The molecule has 0 N–H and O–H groups in total. The fraction of sp³-hybridized carbons (Fsp3) is 0.250. The van der Waals surface area contributed by atoms with E-state index in [1.165, 1.54) is 22.3 Å². The monoisotopic (exact) mass is 226 g/mol. The third-order valence-electron chi connectivity index (χ3n) is 2.87. The van der Waals surface area contributed by atoms with Crippen LogP contribution < -0.4 is 4.74 Å². The third-order valence-corrected chi connectivity index (χ3v) is 2.87. The molecule has 0 saturated heterocycles. The molecule has 0 bridgehead atoms. The summed E-state index contributed by atoms with van der Waals surface area (Å²) < 4.78 is 5.91. The van der Waals surface area contributed by atoms with Gasteiger partial charge in [-0.25, -0.2) is 0 Å². The van der Waals surface area contributed by atoms with Crippen LogP contribution in [0.1, 0.15) is 22.3 Å². The van der Waals surface area contributed by atoms with E-state index >= 15 is 0 Å². The molecule has 0 spiro atoms. The van der Waals surface area contributed by atoms with Crippen LogP contribution in [0.25, 0.3) is 0 Å². The molecule has 0 aliphatic heterocycles. The van der Waals surface area contributed by atoms with Crippen molar-refractivity contribution in [3.05, 3.63) is 64.7 Å². The first kappa shape index (κ1) is 11.7. The Morgan fingerprint density at radius 3 is 2.18 bits per heavy atom. The molecule has 2 rings (SSSR count). The maximum Gasteiger partial charge on any atom is 0.125 e. The van der Waals surface area contributed by atoms with E-state index in [0.29, 0.717) is 6.61 Å². The number of ether oxygens (including phenoxy) is 1. The minimum Gasteiger partial charge on any atom is -0.488 e. The minimum atomic E-state index is 0.632. The summed E-state index contributed by atoms with van der Waals surface area (Å²) in [5.74, 6) is 1.01. The standard InChI is InChI=1S/C16H18O/c1-12-6-4-9-15(10-12)11-17-16-13(2)7-5-8-14(16)3/h4-10H,11H2,1-3H3. The van der Waals surface area contributed by atoms with Crippen LogP contribution in [0, 0.1) is 20.8 Å². The Morgan fingerprint density at radius 2 is 1.53 bits per heavy atom. The Hall–Kier alpha value is -1.76. The van der Waals surface area contributed by atoms with Gasteiger partial charge in [-0.3, -0.25) is 0 Å². The predicted molar refractivity (Wildman–Crippen MR) is 71.4 cm³/mol. The molecule has 0 unspecified atom stereocenters. The van der Waals surface area contributed by atoms with Crippen molar-refractivity contribution in [1.82, 2.24) is 0 Å². The highest BCUT2D eigenvalue weighted by atomic mass is 16.5. The number of aryl methyl sites for hydroxylation is 3. The lowest BCUT2D eigenvalue weighted by atomic mass is 10.1. The molecule has 0 amide bonds. The molecule has 0 aliphatic carbocycles.